The third-order valence-electron chi connectivity index (χ3n) is 4.70. The zero-order valence-electron chi connectivity index (χ0n) is 12.9. The fraction of sp³-hybridized carbons (Fsp3) is 0.316. The molecule has 1 atom stereocenters. The number of hydrogen-bond acceptors (Lipinski definition) is 4. The van der Waals surface area contributed by atoms with Crippen LogP contribution in [0.5, 0.6) is 0 Å². The topological polar surface area (TPSA) is 53.7 Å². The van der Waals surface area contributed by atoms with Crippen molar-refractivity contribution in [1.29, 1.82) is 0 Å². The van der Waals surface area contributed by atoms with Gasteiger partial charge in [-0.1, -0.05) is 30.3 Å². The minimum atomic E-state index is -0.0156. The van der Waals surface area contributed by atoms with E-state index in [4.69, 9.17) is 4.42 Å². The molecule has 1 aromatic heterocycles. The molecule has 4 heteroatoms. The Morgan fingerprint density at radius 3 is 2.91 bits per heavy atom. The lowest BCUT2D eigenvalue weighted by molar-refractivity contribution is 0.207. The van der Waals surface area contributed by atoms with Gasteiger partial charge in [0.2, 0.25) is 0 Å². The highest BCUT2D eigenvalue weighted by atomic mass is 16.4. The summed E-state index contributed by atoms with van der Waals surface area (Å²) in [4.78, 5) is 14.6. The van der Waals surface area contributed by atoms with Crippen LogP contribution in [0.2, 0.25) is 0 Å². The van der Waals surface area contributed by atoms with Gasteiger partial charge >= 0.3 is 0 Å². The van der Waals surface area contributed by atoms with Crippen molar-refractivity contribution in [3.63, 3.8) is 0 Å². The summed E-state index contributed by atoms with van der Waals surface area (Å²) in [5.41, 5.74) is 0.634. The average molecular weight is 309 g/mol. The van der Waals surface area contributed by atoms with E-state index in [1.165, 1.54) is 0 Å². The zero-order chi connectivity index (χ0) is 15.8. The van der Waals surface area contributed by atoms with E-state index in [1.54, 1.807) is 6.07 Å². The summed E-state index contributed by atoms with van der Waals surface area (Å²) in [7, 11) is 0. The lowest BCUT2D eigenvalue weighted by Crippen LogP contribution is -2.37. The highest BCUT2D eigenvalue weighted by molar-refractivity contribution is 6.04. The second kappa shape index (κ2) is 5.70. The largest absolute Gasteiger partial charge is 0.440 e. The maximum Gasteiger partial charge on any atom is 0.200 e. The lowest BCUT2D eigenvalue weighted by atomic mass is 9.99. The lowest BCUT2D eigenvalue weighted by Gasteiger charge is -2.32. The highest BCUT2D eigenvalue weighted by Gasteiger charge is 2.22. The first-order chi connectivity index (χ1) is 11.3. The minimum Gasteiger partial charge on any atom is -0.440 e. The molecule has 1 saturated heterocycles. The maximum absolute atomic E-state index is 12.5. The predicted molar refractivity (Wildman–Crippen MR) is 92.0 cm³/mol. The molecule has 4 nitrogen and oxygen atoms in total. The molecular weight excluding hydrogens is 290 g/mol. The van der Waals surface area contributed by atoms with Crippen LogP contribution in [0.15, 0.2) is 51.7 Å². The Hall–Kier alpha value is -2.33. The molecule has 0 amide bonds. The molecule has 118 valence electrons. The van der Waals surface area contributed by atoms with Crippen LogP contribution in [0.4, 0.5) is 5.88 Å². The molecule has 0 radical (unpaired) electrons. The number of benzene rings is 2. The predicted octanol–water partition coefficient (Wildman–Crippen LogP) is 3.15. The summed E-state index contributed by atoms with van der Waals surface area (Å²) in [6.45, 7) is 1.77. The van der Waals surface area contributed by atoms with Gasteiger partial charge in [0.15, 0.2) is 11.3 Å². The number of aliphatic hydroxyl groups excluding tert-OH is 1. The van der Waals surface area contributed by atoms with Crippen LogP contribution in [-0.2, 0) is 0 Å². The van der Waals surface area contributed by atoms with Gasteiger partial charge in [0, 0.05) is 31.1 Å². The summed E-state index contributed by atoms with van der Waals surface area (Å²) in [6.07, 6.45) is 2.02. The van der Waals surface area contributed by atoms with E-state index in [9.17, 15) is 9.90 Å². The van der Waals surface area contributed by atoms with E-state index in [0.29, 0.717) is 16.9 Å². The molecular formula is C19H19NO3. The highest BCUT2D eigenvalue weighted by Crippen LogP contribution is 2.29. The monoisotopic (exact) mass is 309 g/mol. The van der Waals surface area contributed by atoms with Gasteiger partial charge in [-0.05, 0) is 30.2 Å². The summed E-state index contributed by atoms with van der Waals surface area (Å²) in [5, 5.41) is 12.0. The molecule has 0 bridgehead atoms. The normalized spacial score (nSPS) is 18.7. The van der Waals surface area contributed by atoms with Crippen LogP contribution in [0, 0.1) is 5.92 Å². The van der Waals surface area contributed by atoms with E-state index >= 15 is 0 Å². The molecule has 0 saturated carbocycles. The average Bonchev–Trinajstić information content (AvgIpc) is 2.61. The fourth-order valence-corrected chi connectivity index (χ4v) is 3.44. The fourth-order valence-electron chi connectivity index (χ4n) is 3.44. The van der Waals surface area contributed by atoms with E-state index in [-0.39, 0.29) is 18.0 Å². The van der Waals surface area contributed by atoms with Gasteiger partial charge < -0.3 is 14.4 Å². The van der Waals surface area contributed by atoms with Gasteiger partial charge in [-0.15, -0.1) is 0 Å². The van der Waals surface area contributed by atoms with Crippen molar-refractivity contribution in [2.24, 2.45) is 5.92 Å². The van der Waals surface area contributed by atoms with Gasteiger partial charge in [0.05, 0.1) is 5.39 Å². The summed E-state index contributed by atoms with van der Waals surface area (Å²) < 4.78 is 6.13. The van der Waals surface area contributed by atoms with E-state index < -0.39 is 0 Å². The standard InChI is InChI=1S/C19H19NO3/c21-12-13-4-3-9-20(11-13)18-10-17(22)16-8-7-14-5-1-2-6-15(14)19(16)23-18/h1-2,5-8,10,13,21H,3-4,9,11-12H2/t13-/m0/s1. The molecule has 1 aliphatic rings. The third kappa shape index (κ3) is 2.49. The van der Waals surface area contributed by atoms with Crippen molar-refractivity contribution in [2.75, 3.05) is 24.6 Å². The molecule has 2 heterocycles. The van der Waals surface area contributed by atoms with Crippen LogP contribution in [0.3, 0.4) is 0 Å². The number of anilines is 1. The molecule has 2 aromatic carbocycles. The Bertz CT molecular complexity index is 915. The molecule has 0 spiro atoms. The zero-order valence-corrected chi connectivity index (χ0v) is 12.9. The van der Waals surface area contributed by atoms with Crippen molar-refractivity contribution in [2.45, 2.75) is 12.8 Å². The Morgan fingerprint density at radius 1 is 1.17 bits per heavy atom. The molecule has 1 aliphatic heterocycles. The number of nitrogens with zero attached hydrogens (tertiary/aromatic N) is 1. The first-order valence-corrected chi connectivity index (χ1v) is 8.07. The quantitative estimate of drug-likeness (QED) is 0.739. The number of rotatable bonds is 2. The van der Waals surface area contributed by atoms with E-state index in [2.05, 4.69) is 4.90 Å². The van der Waals surface area contributed by atoms with Crippen molar-refractivity contribution in [3.8, 4) is 0 Å². The van der Waals surface area contributed by atoms with Crippen molar-refractivity contribution < 1.29 is 9.52 Å². The first-order valence-electron chi connectivity index (χ1n) is 8.07. The molecule has 0 aliphatic carbocycles. The van der Waals surface area contributed by atoms with Gasteiger partial charge in [0.1, 0.15) is 5.58 Å². The SMILES string of the molecule is O=c1cc(N2CCC[C@H](CO)C2)oc2c1ccc1ccccc12. The smallest absolute Gasteiger partial charge is 0.200 e. The van der Waals surface area contributed by atoms with Gasteiger partial charge in [-0.2, -0.15) is 0 Å². The van der Waals surface area contributed by atoms with Crippen molar-refractivity contribution in [1.82, 2.24) is 0 Å². The van der Waals surface area contributed by atoms with Crippen molar-refractivity contribution >= 4 is 27.6 Å². The van der Waals surface area contributed by atoms with Crippen LogP contribution >= 0.6 is 0 Å². The minimum absolute atomic E-state index is 0.0156. The number of hydrogen-bond donors (Lipinski definition) is 1. The molecule has 3 aromatic rings. The van der Waals surface area contributed by atoms with Gasteiger partial charge in [0.25, 0.3) is 0 Å². The molecule has 1 fully saturated rings. The summed E-state index contributed by atoms with van der Waals surface area (Å²) in [6, 6.07) is 13.3. The number of fused-ring (bicyclic) bond motifs is 3. The summed E-state index contributed by atoms with van der Waals surface area (Å²) >= 11 is 0. The van der Waals surface area contributed by atoms with E-state index in [0.717, 1.165) is 36.7 Å². The van der Waals surface area contributed by atoms with Crippen LogP contribution in [-0.4, -0.2) is 24.8 Å². The molecule has 1 N–H and O–H groups in total. The van der Waals surface area contributed by atoms with Crippen LogP contribution < -0.4 is 10.3 Å². The van der Waals surface area contributed by atoms with Crippen LogP contribution in [0.25, 0.3) is 21.7 Å². The van der Waals surface area contributed by atoms with E-state index in [1.807, 2.05) is 36.4 Å². The first kappa shape index (κ1) is 14.3. The molecule has 0 unspecified atom stereocenters. The molecule has 23 heavy (non-hydrogen) atoms. The number of aliphatic hydroxyl groups is 1. The third-order valence-corrected chi connectivity index (χ3v) is 4.70. The Morgan fingerprint density at radius 2 is 2.04 bits per heavy atom. The van der Waals surface area contributed by atoms with Gasteiger partial charge in [-0.3, -0.25) is 4.79 Å². The Balaban J connectivity index is 1.88. The van der Waals surface area contributed by atoms with Crippen LogP contribution in [0.1, 0.15) is 12.8 Å². The second-order valence-electron chi connectivity index (χ2n) is 6.25. The summed E-state index contributed by atoms with van der Waals surface area (Å²) in [5.74, 6) is 0.856. The Kier molecular flexibility index (Phi) is 3.54. The van der Waals surface area contributed by atoms with Gasteiger partial charge in [-0.25, -0.2) is 0 Å². The maximum atomic E-state index is 12.5. The molecule has 4 rings (SSSR count). The number of piperidine rings is 1. The Labute approximate surface area is 133 Å². The second-order valence-corrected chi connectivity index (χ2v) is 6.25. The van der Waals surface area contributed by atoms with Crippen molar-refractivity contribution in [3.05, 3.63) is 52.7 Å².